The summed E-state index contributed by atoms with van der Waals surface area (Å²) in [6.07, 6.45) is 3.67. The quantitative estimate of drug-likeness (QED) is 0.791. The fourth-order valence-corrected chi connectivity index (χ4v) is 2.67. The number of benzene rings is 1. The average Bonchev–Trinajstić information content (AvgIpc) is 2.86. The van der Waals surface area contributed by atoms with Crippen molar-refractivity contribution in [3.63, 3.8) is 0 Å². The highest BCUT2D eigenvalue weighted by atomic mass is 79.9. The van der Waals surface area contributed by atoms with Gasteiger partial charge in [-0.25, -0.2) is 13.8 Å². The lowest BCUT2D eigenvalue weighted by molar-refractivity contribution is 0.203. The normalized spacial score (nSPS) is 15.5. The van der Waals surface area contributed by atoms with Crippen LogP contribution in [0.2, 0.25) is 0 Å². The molecule has 0 radical (unpaired) electrons. The van der Waals surface area contributed by atoms with Crippen LogP contribution in [0.5, 0.6) is 0 Å². The molecule has 1 aromatic heterocycles. The lowest BCUT2D eigenvalue weighted by atomic mass is 10.1. The molecule has 1 aromatic carbocycles. The summed E-state index contributed by atoms with van der Waals surface area (Å²) in [5.41, 5.74) is 0.106. The van der Waals surface area contributed by atoms with Gasteiger partial charge in [-0.05, 0) is 28.1 Å². The Balaban J connectivity index is 1.82. The topological polar surface area (TPSA) is 21.1 Å². The molecule has 0 amide bonds. The highest BCUT2D eigenvalue weighted by molar-refractivity contribution is 9.10. The summed E-state index contributed by atoms with van der Waals surface area (Å²) in [5.74, 6) is -0.0920. The zero-order chi connectivity index (χ0) is 13.4. The Bertz CT molecular complexity index is 612. The summed E-state index contributed by atoms with van der Waals surface area (Å²) in [7, 11) is 0. The van der Waals surface area contributed by atoms with Crippen LogP contribution in [0, 0.1) is 11.6 Å². The van der Waals surface area contributed by atoms with Gasteiger partial charge in [0.25, 0.3) is 0 Å². The lowest BCUT2D eigenvalue weighted by Crippen LogP contribution is -2.33. The number of fused-ring (bicyclic) bond motifs is 1. The van der Waals surface area contributed by atoms with Crippen LogP contribution >= 0.6 is 15.9 Å². The van der Waals surface area contributed by atoms with E-state index in [1.165, 1.54) is 12.1 Å². The number of imidazole rings is 1. The Morgan fingerprint density at radius 2 is 2.11 bits per heavy atom. The van der Waals surface area contributed by atoms with Crippen molar-refractivity contribution in [1.82, 2.24) is 14.5 Å². The van der Waals surface area contributed by atoms with Crippen molar-refractivity contribution in [2.75, 3.05) is 6.54 Å². The van der Waals surface area contributed by atoms with Crippen molar-refractivity contribution in [3.8, 4) is 0 Å². The van der Waals surface area contributed by atoms with Gasteiger partial charge >= 0.3 is 0 Å². The van der Waals surface area contributed by atoms with E-state index in [0.717, 1.165) is 18.9 Å². The second-order valence-electron chi connectivity index (χ2n) is 4.57. The van der Waals surface area contributed by atoms with Gasteiger partial charge in [-0.3, -0.25) is 4.90 Å². The summed E-state index contributed by atoms with van der Waals surface area (Å²) in [6.45, 7) is 2.42. The first kappa shape index (κ1) is 12.7. The first-order valence-corrected chi connectivity index (χ1v) is 6.79. The summed E-state index contributed by atoms with van der Waals surface area (Å²) in [5, 5.41) is 0. The molecule has 19 heavy (non-hydrogen) atoms. The molecule has 0 spiro atoms. The van der Waals surface area contributed by atoms with Gasteiger partial charge in [0.2, 0.25) is 0 Å². The van der Waals surface area contributed by atoms with Crippen LogP contribution in [0.1, 0.15) is 11.4 Å². The van der Waals surface area contributed by atoms with Crippen molar-refractivity contribution in [1.29, 1.82) is 0 Å². The molecule has 6 heteroatoms. The maximum Gasteiger partial charge on any atom is 0.144 e. The van der Waals surface area contributed by atoms with Crippen LogP contribution in [0.15, 0.2) is 29.0 Å². The first-order chi connectivity index (χ1) is 9.15. The van der Waals surface area contributed by atoms with Gasteiger partial charge in [-0.15, -0.1) is 0 Å². The SMILES string of the molecule is Fc1ccc(Br)c(F)c1CN1CCn2ccnc2C1. The van der Waals surface area contributed by atoms with E-state index in [1.54, 1.807) is 6.20 Å². The molecular weight excluding hydrogens is 316 g/mol. The summed E-state index contributed by atoms with van der Waals surface area (Å²) < 4.78 is 30.0. The number of rotatable bonds is 2. The van der Waals surface area contributed by atoms with Crippen LogP contribution in [0.3, 0.4) is 0 Å². The average molecular weight is 328 g/mol. The van der Waals surface area contributed by atoms with Crippen molar-refractivity contribution >= 4 is 15.9 Å². The second-order valence-corrected chi connectivity index (χ2v) is 5.42. The standard InChI is InChI=1S/C13H12BrF2N3/c14-10-1-2-11(15)9(13(10)16)7-18-5-6-19-4-3-17-12(19)8-18/h1-4H,5-8H2. The van der Waals surface area contributed by atoms with Crippen LogP contribution in [0.25, 0.3) is 0 Å². The highest BCUT2D eigenvalue weighted by Gasteiger charge is 2.20. The number of halogens is 3. The molecule has 0 aliphatic carbocycles. The maximum atomic E-state index is 13.9. The molecule has 1 aliphatic rings. The lowest BCUT2D eigenvalue weighted by Gasteiger charge is -2.27. The minimum atomic E-state index is -0.520. The van der Waals surface area contributed by atoms with Gasteiger partial charge in [0, 0.05) is 37.6 Å². The van der Waals surface area contributed by atoms with Crippen LogP contribution in [-0.2, 0) is 19.6 Å². The molecule has 3 rings (SSSR count). The smallest absolute Gasteiger partial charge is 0.144 e. The molecule has 100 valence electrons. The van der Waals surface area contributed by atoms with Gasteiger partial charge in [-0.1, -0.05) is 0 Å². The minimum Gasteiger partial charge on any atom is -0.333 e. The van der Waals surface area contributed by atoms with Gasteiger partial charge < -0.3 is 4.57 Å². The Hall–Kier alpha value is -1.27. The van der Waals surface area contributed by atoms with Crippen molar-refractivity contribution in [2.24, 2.45) is 0 Å². The molecule has 0 N–H and O–H groups in total. The molecule has 3 nitrogen and oxygen atoms in total. The number of aromatic nitrogens is 2. The highest BCUT2D eigenvalue weighted by Crippen LogP contribution is 2.24. The predicted octanol–water partition coefficient (Wildman–Crippen LogP) is 2.94. The first-order valence-electron chi connectivity index (χ1n) is 6.00. The third-order valence-electron chi connectivity index (χ3n) is 3.34. The number of hydrogen-bond acceptors (Lipinski definition) is 2. The number of hydrogen-bond donors (Lipinski definition) is 0. The predicted molar refractivity (Wildman–Crippen MR) is 70.4 cm³/mol. The molecule has 2 aromatic rings. The summed E-state index contributed by atoms with van der Waals surface area (Å²) in [6, 6.07) is 2.67. The van der Waals surface area contributed by atoms with Crippen molar-refractivity contribution in [2.45, 2.75) is 19.6 Å². The Labute approximate surface area is 118 Å². The van der Waals surface area contributed by atoms with Crippen molar-refractivity contribution < 1.29 is 8.78 Å². The molecular formula is C13H12BrF2N3. The van der Waals surface area contributed by atoms with E-state index in [0.29, 0.717) is 11.0 Å². The minimum absolute atomic E-state index is 0.106. The van der Waals surface area contributed by atoms with Gasteiger partial charge in [0.15, 0.2) is 0 Å². The van der Waals surface area contributed by atoms with E-state index in [9.17, 15) is 8.78 Å². The maximum absolute atomic E-state index is 13.9. The monoisotopic (exact) mass is 327 g/mol. The zero-order valence-corrected chi connectivity index (χ0v) is 11.7. The third-order valence-corrected chi connectivity index (χ3v) is 3.96. The summed E-state index contributed by atoms with van der Waals surface area (Å²) >= 11 is 3.09. The Kier molecular flexibility index (Phi) is 3.36. The molecule has 0 unspecified atom stereocenters. The van der Waals surface area contributed by atoms with Gasteiger partial charge in [-0.2, -0.15) is 0 Å². The molecule has 0 saturated heterocycles. The van der Waals surface area contributed by atoms with E-state index in [1.807, 2.05) is 11.1 Å². The fraction of sp³-hybridized carbons (Fsp3) is 0.308. The van der Waals surface area contributed by atoms with Crippen molar-refractivity contribution in [3.05, 3.63) is 52.0 Å². The molecule has 0 fully saturated rings. The third kappa shape index (κ3) is 2.42. The van der Waals surface area contributed by atoms with E-state index < -0.39 is 11.6 Å². The van der Waals surface area contributed by atoms with Gasteiger partial charge in [0.05, 0.1) is 11.0 Å². The van der Waals surface area contributed by atoms with E-state index in [2.05, 4.69) is 25.5 Å². The Morgan fingerprint density at radius 3 is 2.95 bits per heavy atom. The summed E-state index contributed by atoms with van der Waals surface area (Å²) in [4.78, 5) is 6.23. The zero-order valence-electron chi connectivity index (χ0n) is 10.1. The molecule has 0 saturated carbocycles. The second kappa shape index (κ2) is 5.02. The van der Waals surface area contributed by atoms with Crippen LogP contribution < -0.4 is 0 Å². The molecule has 1 aliphatic heterocycles. The molecule has 0 atom stereocenters. The number of nitrogens with zero attached hydrogens (tertiary/aromatic N) is 3. The van der Waals surface area contributed by atoms with Crippen LogP contribution in [0.4, 0.5) is 8.78 Å². The van der Waals surface area contributed by atoms with E-state index >= 15 is 0 Å². The fourth-order valence-electron chi connectivity index (χ4n) is 2.30. The molecule has 2 heterocycles. The Morgan fingerprint density at radius 1 is 1.26 bits per heavy atom. The van der Waals surface area contributed by atoms with Gasteiger partial charge in [0.1, 0.15) is 17.5 Å². The van der Waals surface area contributed by atoms with Crippen LogP contribution in [-0.4, -0.2) is 21.0 Å². The largest absolute Gasteiger partial charge is 0.333 e. The molecule has 0 bridgehead atoms. The van der Waals surface area contributed by atoms with E-state index in [-0.39, 0.29) is 12.1 Å². The van der Waals surface area contributed by atoms with E-state index in [4.69, 9.17) is 0 Å².